The molecule has 108 valence electrons. The zero-order valence-electron chi connectivity index (χ0n) is 11.2. The highest BCUT2D eigenvalue weighted by atomic mass is 35.5. The maximum atomic E-state index is 12.4. The number of sulfonamides is 1. The van der Waals surface area contributed by atoms with Gasteiger partial charge in [-0.25, -0.2) is 13.1 Å². The average Bonchev–Trinajstić information content (AvgIpc) is 2.70. The van der Waals surface area contributed by atoms with Crippen LogP contribution in [0.2, 0.25) is 5.02 Å². The Morgan fingerprint density at radius 2 is 2.00 bits per heavy atom. The minimum atomic E-state index is -3.79. The van der Waals surface area contributed by atoms with Crippen molar-refractivity contribution in [3.8, 4) is 0 Å². The van der Waals surface area contributed by atoms with Crippen LogP contribution >= 0.6 is 11.6 Å². The number of rotatable bonds is 4. The molecular formula is C12H14ClN3O3S. The highest BCUT2D eigenvalue weighted by molar-refractivity contribution is 7.92. The third-order valence-corrected chi connectivity index (χ3v) is 4.70. The van der Waals surface area contributed by atoms with E-state index in [-0.39, 0.29) is 15.8 Å². The van der Waals surface area contributed by atoms with E-state index in [1.54, 1.807) is 33.0 Å². The summed E-state index contributed by atoms with van der Waals surface area (Å²) in [6.07, 6.45) is 0. The van der Waals surface area contributed by atoms with Gasteiger partial charge in [-0.2, -0.15) is 0 Å². The Hall–Kier alpha value is -1.73. The van der Waals surface area contributed by atoms with Crippen LogP contribution in [0.1, 0.15) is 11.3 Å². The molecule has 0 aliphatic rings. The molecule has 1 aromatic carbocycles. The monoisotopic (exact) mass is 315 g/mol. The quantitative estimate of drug-likeness (QED) is 0.906. The lowest BCUT2D eigenvalue weighted by Gasteiger charge is -2.10. The Morgan fingerprint density at radius 3 is 2.55 bits per heavy atom. The molecule has 0 aliphatic heterocycles. The molecule has 8 heteroatoms. The summed E-state index contributed by atoms with van der Waals surface area (Å²) in [5.74, 6) is -0.0848. The molecule has 0 aliphatic carbocycles. The number of benzene rings is 1. The van der Waals surface area contributed by atoms with E-state index >= 15 is 0 Å². The third-order valence-electron chi connectivity index (χ3n) is 2.78. The van der Waals surface area contributed by atoms with Gasteiger partial charge in [0, 0.05) is 12.7 Å². The van der Waals surface area contributed by atoms with Gasteiger partial charge in [-0.3, -0.25) is 0 Å². The summed E-state index contributed by atoms with van der Waals surface area (Å²) < 4.78 is 31.9. The summed E-state index contributed by atoms with van der Waals surface area (Å²) in [4.78, 5) is 0.148. The van der Waals surface area contributed by atoms with Crippen LogP contribution < -0.4 is 10.0 Å². The second kappa shape index (κ2) is 5.34. The first kappa shape index (κ1) is 14.7. The molecule has 0 fully saturated rings. The van der Waals surface area contributed by atoms with E-state index in [2.05, 4.69) is 15.2 Å². The molecule has 2 N–H and O–H groups in total. The summed E-state index contributed by atoms with van der Waals surface area (Å²) >= 11 is 5.91. The number of hydrogen-bond donors (Lipinski definition) is 2. The number of aromatic nitrogens is 1. The number of halogens is 1. The lowest BCUT2D eigenvalue weighted by atomic mass is 10.2. The molecule has 2 aromatic rings. The average molecular weight is 316 g/mol. The molecule has 0 amide bonds. The van der Waals surface area contributed by atoms with Crippen molar-refractivity contribution in [2.45, 2.75) is 18.7 Å². The van der Waals surface area contributed by atoms with Crippen LogP contribution in [0.15, 0.2) is 27.6 Å². The van der Waals surface area contributed by atoms with Gasteiger partial charge in [-0.1, -0.05) is 22.8 Å². The lowest BCUT2D eigenvalue weighted by Crippen LogP contribution is -2.14. The highest BCUT2D eigenvalue weighted by Gasteiger charge is 2.22. The van der Waals surface area contributed by atoms with Crippen LogP contribution in [0, 0.1) is 13.8 Å². The van der Waals surface area contributed by atoms with Gasteiger partial charge in [0.1, 0.15) is 10.7 Å². The first-order valence-corrected chi connectivity index (χ1v) is 7.64. The molecule has 20 heavy (non-hydrogen) atoms. The summed E-state index contributed by atoms with van der Waals surface area (Å²) in [6, 6.07) is 5.04. The van der Waals surface area contributed by atoms with Gasteiger partial charge in [-0.05, 0) is 31.5 Å². The summed E-state index contributed by atoms with van der Waals surface area (Å²) in [6.45, 7) is 3.33. The summed E-state index contributed by atoms with van der Waals surface area (Å²) in [5.41, 5.74) is 1.73. The Kier molecular flexibility index (Phi) is 3.92. The van der Waals surface area contributed by atoms with E-state index in [4.69, 9.17) is 16.1 Å². The van der Waals surface area contributed by atoms with E-state index in [9.17, 15) is 8.42 Å². The normalized spacial score (nSPS) is 11.4. The molecular weight excluding hydrogens is 302 g/mol. The molecule has 1 aromatic heterocycles. The van der Waals surface area contributed by atoms with Crippen LogP contribution in [0.3, 0.4) is 0 Å². The van der Waals surface area contributed by atoms with Crippen molar-refractivity contribution in [2.75, 3.05) is 17.1 Å². The first-order chi connectivity index (χ1) is 9.35. The lowest BCUT2D eigenvalue weighted by molar-refractivity contribution is 0.430. The van der Waals surface area contributed by atoms with Gasteiger partial charge in [0.05, 0.1) is 4.90 Å². The molecule has 0 atom stereocenters. The van der Waals surface area contributed by atoms with E-state index in [0.717, 1.165) is 0 Å². The third kappa shape index (κ3) is 2.73. The van der Waals surface area contributed by atoms with Crippen LogP contribution in [0.25, 0.3) is 0 Å². The van der Waals surface area contributed by atoms with Crippen molar-refractivity contribution in [2.24, 2.45) is 0 Å². The Bertz CT molecular complexity index is 740. The Morgan fingerprint density at radius 1 is 1.30 bits per heavy atom. The second-order valence-electron chi connectivity index (χ2n) is 4.25. The predicted octanol–water partition coefficient (Wildman–Crippen LogP) is 2.79. The molecule has 0 saturated heterocycles. The van der Waals surface area contributed by atoms with E-state index in [1.807, 2.05) is 0 Å². The first-order valence-electron chi connectivity index (χ1n) is 5.78. The highest BCUT2D eigenvalue weighted by Crippen LogP contribution is 2.28. The Balaban J connectivity index is 2.43. The molecule has 0 saturated carbocycles. The standard InChI is InChI=1S/C12H14ClN3O3S/c1-7-4-5-9(14-3)6-10(7)20(17,18)16-12-11(13)8(2)15-19-12/h4-6,14,16H,1-3H3. The van der Waals surface area contributed by atoms with E-state index < -0.39 is 10.0 Å². The van der Waals surface area contributed by atoms with Crippen LogP contribution in [-0.4, -0.2) is 20.6 Å². The maximum absolute atomic E-state index is 12.4. The van der Waals surface area contributed by atoms with Gasteiger partial charge in [-0.15, -0.1) is 0 Å². The fraction of sp³-hybridized carbons (Fsp3) is 0.250. The number of nitrogens with zero attached hydrogens (tertiary/aromatic N) is 1. The minimum absolute atomic E-state index is 0.0848. The van der Waals surface area contributed by atoms with E-state index in [1.165, 1.54) is 6.07 Å². The minimum Gasteiger partial charge on any atom is -0.388 e. The fourth-order valence-corrected chi connectivity index (χ4v) is 3.08. The largest absolute Gasteiger partial charge is 0.388 e. The van der Waals surface area contributed by atoms with Crippen LogP contribution in [0.4, 0.5) is 11.6 Å². The van der Waals surface area contributed by atoms with E-state index in [0.29, 0.717) is 16.9 Å². The van der Waals surface area contributed by atoms with Gasteiger partial charge in [0.2, 0.25) is 0 Å². The Labute approximate surface area is 122 Å². The number of hydrogen-bond acceptors (Lipinski definition) is 5. The molecule has 0 unspecified atom stereocenters. The molecule has 1 heterocycles. The van der Waals surface area contributed by atoms with Crippen molar-refractivity contribution in [1.82, 2.24) is 5.16 Å². The van der Waals surface area contributed by atoms with Gasteiger partial charge in [0.25, 0.3) is 15.9 Å². The maximum Gasteiger partial charge on any atom is 0.264 e. The number of aryl methyl sites for hydroxylation is 2. The van der Waals surface area contributed by atoms with Crippen molar-refractivity contribution < 1.29 is 12.9 Å². The van der Waals surface area contributed by atoms with Crippen molar-refractivity contribution >= 4 is 33.2 Å². The van der Waals surface area contributed by atoms with Crippen molar-refractivity contribution in [1.29, 1.82) is 0 Å². The molecule has 2 rings (SSSR count). The summed E-state index contributed by atoms with van der Waals surface area (Å²) in [5, 5.41) is 6.64. The van der Waals surface area contributed by atoms with Gasteiger partial charge >= 0.3 is 0 Å². The van der Waals surface area contributed by atoms with Gasteiger partial charge in [0.15, 0.2) is 0 Å². The zero-order chi connectivity index (χ0) is 14.9. The zero-order valence-corrected chi connectivity index (χ0v) is 12.8. The molecule has 0 bridgehead atoms. The van der Waals surface area contributed by atoms with Crippen LogP contribution in [-0.2, 0) is 10.0 Å². The second-order valence-corrected chi connectivity index (χ2v) is 6.28. The predicted molar refractivity (Wildman–Crippen MR) is 77.8 cm³/mol. The smallest absolute Gasteiger partial charge is 0.264 e. The fourth-order valence-electron chi connectivity index (χ4n) is 1.64. The molecule has 0 spiro atoms. The number of nitrogens with one attached hydrogen (secondary N) is 2. The van der Waals surface area contributed by atoms with Crippen molar-refractivity contribution in [3.63, 3.8) is 0 Å². The van der Waals surface area contributed by atoms with Crippen LogP contribution in [0.5, 0.6) is 0 Å². The number of anilines is 2. The van der Waals surface area contributed by atoms with Gasteiger partial charge < -0.3 is 9.84 Å². The van der Waals surface area contributed by atoms with Crippen molar-refractivity contribution in [3.05, 3.63) is 34.5 Å². The summed E-state index contributed by atoms with van der Waals surface area (Å²) in [7, 11) is -2.08. The SMILES string of the molecule is CNc1ccc(C)c(S(=O)(=O)Nc2onc(C)c2Cl)c1. The molecule has 0 radical (unpaired) electrons. The topological polar surface area (TPSA) is 84.2 Å². The molecule has 6 nitrogen and oxygen atoms in total.